The molecule has 1 fully saturated rings. The van der Waals surface area contributed by atoms with Gasteiger partial charge in [-0.15, -0.1) is 0 Å². The number of hydrogen-bond acceptors (Lipinski definition) is 1. The SMILES string of the molecule is CC.CCC1CCC(CC(C)C)CC1.CCCNC(C)C. The van der Waals surface area contributed by atoms with Crippen LogP contribution in [-0.4, -0.2) is 12.6 Å². The summed E-state index contributed by atoms with van der Waals surface area (Å²) >= 11 is 0. The van der Waals surface area contributed by atoms with Crippen molar-refractivity contribution >= 4 is 0 Å². The molecule has 0 aromatic heterocycles. The highest BCUT2D eigenvalue weighted by atomic mass is 14.9. The Labute approximate surface area is 136 Å². The van der Waals surface area contributed by atoms with E-state index in [0.717, 1.165) is 24.3 Å². The van der Waals surface area contributed by atoms with Gasteiger partial charge in [-0.05, 0) is 37.1 Å². The Morgan fingerprint density at radius 1 is 0.857 bits per heavy atom. The Hall–Kier alpha value is -0.0400. The quantitative estimate of drug-likeness (QED) is 0.577. The summed E-state index contributed by atoms with van der Waals surface area (Å²) in [5.41, 5.74) is 0. The maximum absolute atomic E-state index is 3.30. The Balaban J connectivity index is 0. The molecule has 1 aliphatic carbocycles. The van der Waals surface area contributed by atoms with Crippen LogP contribution in [0.1, 0.15) is 100 Å². The predicted molar refractivity (Wildman–Crippen MR) is 100.0 cm³/mol. The van der Waals surface area contributed by atoms with Crippen LogP contribution in [0, 0.1) is 17.8 Å². The van der Waals surface area contributed by atoms with Gasteiger partial charge in [0.1, 0.15) is 0 Å². The molecule has 0 aromatic carbocycles. The van der Waals surface area contributed by atoms with E-state index in [0.29, 0.717) is 6.04 Å². The summed E-state index contributed by atoms with van der Waals surface area (Å²) in [5.74, 6) is 3.04. The molecule has 1 heteroatoms. The van der Waals surface area contributed by atoms with Gasteiger partial charge >= 0.3 is 0 Å². The molecule has 0 heterocycles. The highest BCUT2D eigenvalue weighted by Crippen LogP contribution is 2.33. The van der Waals surface area contributed by atoms with Crippen LogP contribution in [0.25, 0.3) is 0 Å². The first-order valence-corrected chi connectivity index (χ1v) is 9.72. The largest absolute Gasteiger partial charge is 0.315 e. The highest BCUT2D eigenvalue weighted by molar-refractivity contribution is 4.72. The van der Waals surface area contributed by atoms with E-state index < -0.39 is 0 Å². The van der Waals surface area contributed by atoms with Gasteiger partial charge in [0, 0.05) is 6.04 Å². The lowest BCUT2D eigenvalue weighted by Crippen LogP contribution is -2.22. The van der Waals surface area contributed by atoms with Crippen LogP contribution in [0.2, 0.25) is 0 Å². The van der Waals surface area contributed by atoms with Crippen LogP contribution in [0.15, 0.2) is 0 Å². The third kappa shape index (κ3) is 16.2. The van der Waals surface area contributed by atoms with Crippen molar-refractivity contribution in [3.05, 3.63) is 0 Å². The molecule has 130 valence electrons. The van der Waals surface area contributed by atoms with Crippen molar-refractivity contribution in [3.63, 3.8) is 0 Å². The molecule has 0 amide bonds. The van der Waals surface area contributed by atoms with Gasteiger partial charge in [0.15, 0.2) is 0 Å². The molecular formula is C20H45N. The third-order valence-corrected chi connectivity index (χ3v) is 4.15. The topological polar surface area (TPSA) is 12.0 Å². The van der Waals surface area contributed by atoms with Gasteiger partial charge < -0.3 is 5.32 Å². The second-order valence-corrected chi connectivity index (χ2v) is 7.03. The van der Waals surface area contributed by atoms with Crippen molar-refractivity contribution < 1.29 is 0 Å². The molecule has 0 atom stereocenters. The molecule has 0 spiro atoms. The number of rotatable bonds is 6. The maximum Gasteiger partial charge on any atom is 0.00103 e. The summed E-state index contributed by atoms with van der Waals surface area (Å²) in [7, 11) is 0. The fourth-order valence-electron chi connectivity index (χ4n) is 2.98. The van der Waals surface area contributed by atoms with Gasteiger partial charge in [0.05, 0.1) is 0 Å². The Bertz CT molecular complexity index is 178. The van der Waals surface area contributed by atoms with Crippen molar-refractivity contribution in [3.8, 4) is 0 Å². The predicted octanol–water partition coefficient (Wildman–Crippen LogP) is 6.67. The van der Waals surface area contributed by atoms with E-state index in [1.807, 2.05) is 13.8 Å². The maximum atomic E-state index is 3.30. The van der Waals surface area contributed by atoms with E-state index in [-0.39, 0.29) is 0 Å². The molecule has 0 bridgehead atoms. The lowest BCUT2D eigenvalue weighted by Gasteiger charge is -2.28. The van der Waals surface area contributed by atoms with Crippen LogP contribution in [0.4, 0.5) is 0 Å². The number of nitrogens with one attached hydrogen (secondary N) is 1. The molecule has 1 rings (SSSR count). The summed E-state index contributed by atoms with van der Waals surface area (Å²) in [5, 5.41) is 3.30. The summed E-state index contributed by atoms with van der Waals surface area (Å²) < 4.78 is 0. The van der Waals surface area contributed by atoms with E-state index in [1.54, 1.807) is 0 Å². The summed E-state index contributed by atoms with van der Waals surface area (Å²) in [6, 6.07) is 0.653. The van der Waals surface area contributed by atoms with Crippen molar-refractivity contribution in [2.45, 2.75) is 106 Å². The van der Waals surface area contributed by atoms with Crippen molar-refractivity contribution in [1.29, 1.82) is 0 Å². The average Bonchev–Trinajstić information content (AvgIpc) is 2.48. The first-order valence-electron chi connectivity index (χ1n) is 9.72. The van der Waals surface area contributed by atoms with E-state index in [1.165, 1.54) is 44.9 Å². The fourth-order valence-corrected chi connectivity index (χ4v) is 2.98. The van der Waals surface area contributed by atoms with E-state index in [9.17, 15) is 0 Å². The number of hydrogen-bond donors (Lipinski definition) is 1. The lowest BCUT2D eigenvalue weighted by molar-refractivity contribution is 0.240. The zero-order valence-electron chi connectivity index (χ0n) is 16.5. The van der Waals surface area contributed by atoms with Gasteiger partial charge in [0.25, 0.3) is 0 Å². The molecule has 21 heavy (non-hydrogen) atoms. The van der Waals surface area contributed by atoms with Gasteiger partial charge in [-0.25, -0.2) is 0 Å². The molecule has 0 aromatic rings. The van der Waals surface area contributed by atoms with E-state index in [2.05, 4.69) is 46.9 Å². The van der Waals surface area contributed by atoms with E-state index in [4.69, 9.17) is 0 Å². The van der Waals surface area contributed by atoms with Gasteiger partial charge in [-0.3, -0.25) is 0 Å². The minimum absolute atomic E-state index is 0.653. The second-order valence-electron chi connectivity index (χ2n) is 7.03. The highest BCUT2D eigenvalue weighted by Gasteiger charge is 2.20. The van der Waals surface area contributed by atoms with Crippen molar-refractivity contribution in [2.75, 3.05) is 6.54 Å². The van der Waals surface area contributed by atoms with Gasteiger partial charge in [0.2, 0.25) is 0 Å². The second kappa shape index (κ2) is 16.3. The van der Waals surface area contributed by atoms with Crippen LogP contribution < -0.4 is 5.32 Å². The van der Waals surface area contributed by atoms with Gasteiger partial charge in [-0.1, -0.05) is 87.5 Å². The average molecular weight is 300 g/mol. The standard InChI is InChI=1S/C12H24.C6H15N.C2H6/c1-4-11-5-7-12(8-6-11)9-10(2)3;1-4-5-7-6(2)3;1-2/h10-12H,4-9H2,1-3H3;6-7H,4-5H2,1-3H3;1-2H3. The summed E-state index contributed by atoms with van der Waals surface area (Å²) in [4.78, 5) is 0. The van der Waals surface area contributed by atoms with E-state index >= 15 is 0 Å². The first kappa shape index (κ1) is 23.2. The molecule has 1 nitrogen and oxygen atoms in total. The molecule has 0 radical (unpaired) electrons. The lowest BCUT2D eigenvalue weighted by atomic mass is 9.78. The molecule has 0 unspecified atom stereocenters. The molecule has 1 aliphatic rings. The van der Waals surface area contributed by atoms with Crippen LogP contribution in [-0.2, 0) is 0 Å². The third-order valence-electron chi connectivity index (χ3n) is 4.15. The monoisotopic (exact) mass is 299 g/mol. The van der Waals surface area contributed by atoms with Crippen molar-refractivity contribution in [1.82, 2.24) is 5.32 Å². The molecule has 0 saturated heterocycles. The smallest absolute Gasteiger partial charge is 0.00103 e. The Kier molecular flexibility index (Phi) is 18.1. The van der Waals surface area contributed by atoms with Crippen LogP contribution in [0.3, 0.4) is 0 Å². The molecular weight excluding hydrogens is 254 g/mol. The normalized spacial score (nSPS) is 21.4. The molecule has 1 N–H and O–H groups in total. The molecule has 0 aliphatic heterocycles. The zero-order valence-corrected chi connectivity index (χ0v) is 16.5. The van der Waals surface area contributed by atoms with Crippen molar-refractivity contribution in [2.24, 2.45) is 17.8 Å². The van der Waals surface area contributed by atoms with Crippen LogP contribution in [0.5, 0.6) is 0 Å². The first-order chi connectivity index (χ1) is 9.99. The minimum atomic E-state index is 0.653. The zero-order chi connectivity index (χ0) is 16.7. The summed E-state index contributed by atoms with van der Waals surface area (Å²) in [6.07, 6.45) is 10.2. The van der Waals surface area contributed by atoms with Crippen LogP contribution >= 0.6 is 0 Å². The Morgan fingerprint density at radius 3 is 1.62 bits per heavy atom. The summed E-state index contributed by atoms with van der Waals surface area (Å²) in [6.45, 7) is 18.7. The Morgan fingerprint density at radius 2 is 1.33 bits per heavy atom. The fraction of sp³-hybridized carbons (Fsp3) is 1.00. The minimum Gasteiger partial charge on any atom is -0.315 e. The van der Waals surface area contributed by atoms with Gasteiger partial charge in [-0.2, -0.15) is 0 Å². The molecule has 1 saturated carbocycles.